The second-order valence-corrected chi connectivity index (χ2v) is 3.12. The van der Waals surface area contributed by atoms with E-state index < -0.39 is 5.97 Å². The lowest BCUT2D eigenvalue weighted by Gasteiger charge is -2.00. The largest absolute Gasteiger partial charge is 0.481 e. The highest BCUT2D eigenvalue weighted by Crippen LogP contribution is 2.25. The molecule has 0 radical (unpaired) electrons. The molecular formula is C8H10N2O4. The lowest BCUT2D eigenvalue weighted by molar-refractivity contribution is -0.136. The van der Waals surface area contributed by atoms with E-state index in [2.05, 4.69) is 10.1 Å². The molecule has 2 heterocycles. The van der Waals surface area contributed by atoms with Gasteiger partial charge in [-0.1, -0.05) is 5.16 Å². The van der Waals surface area contributed by atoms with E-state index in [4.69, 9.17) is 14.4 Å². The Morgan fingerprint density at radius 1 is 1.64 bits per heavy atom. The highest BCUT2D eigenvalue weighted by molar-refractivity contribution is 5.68. The fourth-order valence-electron chi connectivity index (χ4n) is 1.38. The molecule has 1 saturated heterocycles. The van der Waals surface area contributed by atoms with E-state index in [1.54, 1.807) is 0 Å². The Hall–Kier alpha value is -1.43. The van der Waals surface area contributed by atoms with Gasteiger partial charge in [-0.25, -0.2) is 0 Å². The van der Waals surface area contributed by atoms with Crippen LogP contribution in [0.1, 0.15) is 30.7 Å². The van der Waals surface area contributed by atoms with E-state index in [1.165, 1.54) is 0 Å². The number of carbonyl (C=O) groups is 1. The summed E-state index contributed by atoms with van der Waals surface area (Å²) in [5.74, 6) is -0.394. The van der Waals surface area contributed by atoms with Crippen molar-refractivity contribution in [1.29, 1.82) is 0 Å². The normalized spacial score (nSPS) is 21.3. The van der Waals surface area contributed by atoms with Crippen molar-refractivity contribution in [2.24, 2.45) is 0 Å². The number of aromatic nitrogens is 2. The Kier molecular flexibility index (Phi) is 2.45. The predicted octanol–water partition coefficient (Wildman–Crippen LogP) is 0.548. The molecule has 6 heteroatoms. The summed E-state index contributed by atoms with van der Waals surface area (Å²) < 4.78 is 10.1. The lowest BCUT2D eigenvalue weighted by Crippen LogP contribution is -2.02. The lowest BCUT2D eigenvalue weighted by atomic mass is 10.2. The number of ether oxygens (including phenoxy) is 1. The van der Waals surface area contributed by atoms with Gasteiger partial charge in [-0.2, -0.15) is 4.98 Å². The average Bonchev–Trinajstić information content (AvgIpc) is 2.69. The molecule has 6 nitrogen and oxygen atoms in total. The van der Waals surface area contributed by atoms with Gasteiger partial charge in [-0.3, -0.25) is 4.79 Å². The number of hydrogen-bond donors (Lipinski definition) is 1. The Balaban J connectivity index is 2.05. The molecule has 1 N–H and O–H groups in total. The van der Waals surface area contributed by atoms with Gasteiger partial charge < -0.3 is 14.4 Å². The molecule has 14 heavy (non-hydrogen) atoms. The molecule has 0 aliphatic carbocycles. The fraction of sp³-hybridized carbons (Fsp3) is 0.625. The van der Waals surface area contributed by atoms with Crippen LogP contribution in [0.5, 0.6) is 0 Å². The summed E-state index contributed by atoms with van der Waals surface area (Å²) in [6, 6.07) is 0. The van der Waals surface area contributed by atoms with Crippen molar-refractivity contribution in [2.75, 3.05) is 6.61 Å². The Morgan fingerprint density at radius 2 is 2.50 bits per heavy atom. The average molecular weight is 198 g/mol. The third-order valence-corrected chi connectivity index (χ3v) is 2.00. The molecule has 1 atom stereocenters. The van der Waals surface area contributed by atoms with Crippen molar-refractivity contribution in [3.8, 4) is 0 Å². The first-order valence-corrected chi connectivity index (χ1v) is 4.41. The molecule has 0 amide bonds. The number of aliphatic carboxylic acids is 1. The van der Waals surface area contributed by atoms with Crippen molar-refractivity contribution in [2.45, 2.75) is 25.4 Å². The van der Waals surface area contributed by atoms with Gasteiger partial charge in [-0.15, -0.1) is 0 Å². The van der Waals surface area contributed by atoms with Crippen LogP contribution in [0.3, 0.4) is 0 Å². The van der Waals surface area contributed by atoms with E-state index in [9.17, 15) is 4.79 Å². The van der Waals surface area contributed by atoms with Crippen LogP contribution >= 0.6 is 0 Å². The third kappa shape index (κ3) is 1.90. The first-order chi connectivity index (χ1) is 6.75. The van der Waals surface area contributed by atoms with E-state index in [0.717, 1.165) is 12.8 Å². The van der Waals surface area contributed by atoms with Gasteiger partial charge in [0.05, 0.1) is 0 Å². The molecule has 1 aliphatic rings. The van der Waals surface area contributed by atoms with Gasteiger partial charge >= 0.3 is 5.97 Å². The van der Waals surface area contributed by atoms with Crippen molar-refractivity contribution >= 4 is 5.97 Å². The zero-order chi connectivity index (χ0) is 9.97. The van der Waals surface area contributed by atoms with Crippen LogP contribution in [0.25, 0.3) is 0 Å². The minimum Gasteiger partial charge on any atom is -0.481 e. The van der Waals surface area contributed by atoms with Gasteiger partial charge in [0.2, 0.25) is 11.7 Å². The molecule has 1 aliphatic heterocycles. The zero-order valence-electron chi connectivity index (χ0n) is 7.47. The second kappa shape index (κ2) is 3.75. The number of rotatable bonds is 3. The second-order valence-electron chi connectivity index (χ2n) is 3.12. The van der Waals surface area contributed by atoms with Crippen molar-refractivity contribution in [3.63, 3.8) is 0 Å². The van der Waals surface area contributed by atoms with Crippen molar-refractivity contribution < 1.29 is 19.2 Å². The first kappa shape index (κ1) is 9.14. The summed E-state index contributed by atoms with van der Waals surface area (Å²) in [5, 5.41) is 12.2. The van der Waals surface area contributed by atoms with Crippen LogP contribution in [0, 0.1) is 0 Å². The number of carboxylic acids is 1. The molecule has 76 valence electrons. The van der Waals surface area contributed by atoms with E-state index in [0.29, 0.717) is 12.4 Å². The molecule has 0 saturated carbocycles. The van der Waals surface area contributed by atoms with Crippen molar-refractivity contribution in [1.82, 2.24) is 10.1 Å². The maximum absolute atomic E-state index is 10.3. The minimum atomic E-state index is -0.979. The number of carboxylic acid groups (broad SMARTS) is 1. The molecule has 0 aromatic carbocycles. The Labute approximate surface area is 79.9 Å². The molecular weight excluding hydrogens is 188 g/mol. The molecule has 0 bridgehead atoms. The molecule has 2 rings (SSSR count). The molecule has 1 aromatic rings. The van der Waals surface area contributed by atoms with Crippen molar-refractivity contribution in [3.05, 3.63) is 11.7 Å². The predicted molar refractivity (Wildman–Crippen MR) is 43.6 cm³/mol. The quantitative estimate of drug-likeness (QED) is 0.763. The maximum atomic E-state index is 10.3. The van der Waals surface area contributed by atoms with Crippen LogP contribution in [0.4, 0.5) is 0 Å². The monoisotopic (exact) mass is 198 g/mol. The fourth-order valence-corrected chi connectivity index (χ4v) is 1.38. The standard InChI is InChI=1S/C8H10N2O4/c11-7(12)4-6-9-8(10-14-6)5-2-1-3-13-5/h5H,1-4H2,(H,11,12). The smallest absolute Gasteiger partial charge is 0.312 e. The highest BCUT2D eigenvalue weighted by Gasteiger charge is 2.23. The van der Waals surface area contributed by atoms with Gasteiger partial charge in [0.15, 0.2) is 0 Å². The van der Waals surface area contributed by atoms with Gasteiger partial charge in [0.1, 0.15) is 12.5 Å². The van der Waals surface area contributed by atoms with Crippen LogP contribution in [0.2, 0.25) is 0 Å². The summed E-state index contributed by atoms with van der Waals surface area (Å²) >= 11 is 0. The maximum Gasteiger partial charge on any atom is 0.312 e. The summed E-state index contributed by atoms with van der Waals surface area (Å²) in [5.41, 5.74) is 0. The number of hydrogen-bond acceptors (Lipinski definition) is 5. The summed E-state index contributed by atoms with van der Waals surface area (Å²) in [6.45, 7) is 0.702. The van der Waals surface area contributed by atoms with Crippen LogP contribution in [-0.2, 0) is 16.0 Å². The SMILES string of the molecule is O=C(O)Cc1nc(C2CCCO2)no1. The summed E-state index contributed by atoms with van der Waals surface area (Å²) in [7, 11) is 0. The molecule has 1 aromatic heterocycles. The zero-order valence-corrected chi connectivity index (χ0v) is 7.47. The van der Waals surface area contributed by atoms with Crippen LogP contribution in [0.15, 0.2) is 4.52 Å². The van der Waals surface area contributed by atoms with Crippen LogP contribution < -0.4 is 0 Å². The number of nitrogens with zero attached hydrogens (tertiary/aromatic N) is 2. The van der Waals surface area contributed by atoms with Crippen LogP contribution in [-0.4, -0.2) is 27.8 Å². The summed E-state index contributed by atoms with van der Waals surface area (Å²) in [4.78, 5) is 14.3. The van der Waals surface area contributed by atoms with E-state index >= 15 is 0 Å². The molecule has 1 fully saturated rings. The highest BCUT2D eigenvalue weighted by atomic mass is 16.5. The topological polar surface area (TPSA) is 85.5 Å². The molecule has 0 spiro atoms. The Morgan fingerprint density at radius 3 is 3.14 bits per heavy atom. The minimum absolute atomic E-state index is 0.124. The van der Waals surface area contributed by atoms with E-state index in [1.807, 2.05) is 0 Å². The van der Waals surface area contributed by atoms with Gasteiger partial charge in [0, 0.05) is 6.61 Å². The van der Waals surface area contributed by atoms with Gasteiger partial charge in [-0.05, 0) is 12.8 Å². The van der Waals surface area contributed by atoms with E-state index in [-0.39, 0.29) is 18.4 Å². The summed E-state index contributed by atoms with van der Waals surface area (Å²) in [6.07, 6.45) is 1.49. The third-order valence-electron chi connectivity index (χ3n) is 2.00. The Bertz CT molecular complexity index is 330. The first-order valence-electron chi connectivity index (χ1n) is 4.41. The van der Waals surface area contributed by atoms with Gasteiger partial charge in [0.25, 0.3) is 0 Å². The molecule has 1 unspecified atom stereocenters.